The van der Waals surface area contributed by atoms with Crippen LogP contribution in [0.15, 0.2) is 30.3 Å². The SMILES string of the molecule is CC(C)(C)C(NCC(O)COC1CCOCC1)c1ccccc1. The first-order valence-electron chi connectivity index (χ1n) is 8.62. The van der Waals surface area contributed by atoms with Crippen LogP contribution < -0.4 is 5.32 Å². The van der Waals surface area contributed by atoms with Gasteiger partial charge in [0, 0.05) is 25.8 Å². The minimum Gasteiger partial charge on any atom is -0.389 e. The second-order valence-corrected chi connectivity index (χ2v) is 7.42. The molecule has 1 fully saturated rings. The van der Waals surface area contributed by atoms with Crippen molar-refractivity contribution in [2.24, 2.45) is 5.41 Å². The summed E-state index contributed by atoms with van der Waals surface area (Å²) in [6, 6.07) is 10.6. The van der Waals surface area contributed by atoms with E-state index in [0.29, 0.717) is 13.2 Å². The van der Waals surface area contributed by atoms with Crippen LogP contribution in [-0.2, 0) is 9.47 Å². The average molecular weight is 321 g/mol. The molecule has 0 bridgehead atoms. The predicted molar refractivity (Wildman–Crippen MR) is 92.4 cm³/mol. The van der Waals surface area contributed by atoms with Crippen LogP contribution in [-0.4, -0.2) is 43.7 Å². The molecule has 0 spiro atoms. The van der Waals surface area contributed by atoms with Gasteiger partial charge in [-0.2, -0.15) is 0 Å². The number of benzene rings is 1. The summed E-state index contributed by atoms with van der Waals surface area (Å²) in [5.41, 5.74) is 1.32. The van der Waals surface area contributed by atoms with Gasteiger partial charge in [0.25, 0.3) is 0 Å². The van der Waals surface area contributed by atoms with Crippen LogP contribution in [0.1, 0.15) is 45.2 Å². The fourth-order valence-corrected chi connectivity index (χ4v) is 2.97. The summed E-state index contributed by atoms with van der Waals surface area (Å²) in [4.78, 5) is 0. The summed E-state index contributed by atoms with van der Waals surface area (Å²) < 4.78 is 11.1. The maximum atomic E-state index is 10.2. The Bertz CT molecular complexity index is 438. The fourth-order valence-electron chi connectivity index (χ4n) is 2.97. The second kappa shape index (κ2) is 8.78. The van der Waals surface area contributed by atoms with Gasteiger partial charge >= 0.3 is 0 Å². The third-order valence-electron chi connectivity index (χ3n) is 4.25. The van der Waals surface area contributed by atoms with E-state index in [1.165, 1.54) is 5.56 Å². The summed E-state index contributed by atoms with van der Waals surface area (Å²) >= 11 is 0. The zero-order chi connectivity index (χ0) is 16.7. The van der Waals surface area contributed by atoms with E-state index in [0.717, 1.165) is 26.1 Å². The van der Waals surface area contributed by atoms with Gasteiger partial charge in [-0.3, -0.25) is 0 Å². The van der Waals surface area contributed by atoms with Gasteiger partial charge in [0.15, 0.2) is 0 Å². The normalized spacial score (nSPS) is 19.5. The summed E-state index contributed by atoms with van der Waals surface area (Å²) in [6.07, 6.45) is 1.58. The molecule has 0 radical (unpaired) electrons. The molecule has 2 unspecified atom stereocenters. The molecule has 1 aromatic rings. The first-order valence-corrected chi connectivity index (χ1v) is 8.62. The van der Waals surface area contributed by atoms with Crippen LogP contribution in [0.25, 0.3) is 0 Å². The van der Waals surface area contributed by atoms with Crippen molar-refractivity contribution < 1.29 is 14.6 Å². The second-order valence-electron chi connectivity index (χ2n) is 7.42. The highest BCUT2D eigenvalue weighted by Crippen LogP contribution is 2.32. The van der Waals surface area contributed by atoms with E-state index in [1.807, 2.05) is 6.07 Å². The van der Waals surface area contributed by atoms with Gasteiger partial charge in [-0.05, 0) is 23.8 Å². The molecule has 0 amide bonds. The smallest absolute Gasteiger partial charge is 0.0898 e. The lowest BCUT2D eigenvalue weighted by Crippen LogP contribution is -2.39. The maximum absolute atomic E-state index is 10.2. The standard InChI is InChI=1S/C19H31NO3/c1-19(2,3)18(15-7-5-4-6-8-15)20-13-16(21)14-23-17-9-11-22-12-10-17/h4-8,16-18,20-21H,9-14H2,1-3H3. The van der Waals surface area contributed by atoms with Crippen LogP contribution in [0, 0.1) is 5.41 Å². The van der Waals surface area contributed by atoms with Crippen molar-refractivity contribution in [3.63, 3.8) is 0 Å². The molecular formula is C19H31NO3. The molecule has 1 heterocycles. The van der Waals surface area contributed by atoms with Crippen molar-refractivity contribution in [2.45, 2.75) is 51.9 Å². The van der Waals surface area contributed by atoms with Gasteiger partial charge in [-0.1, -0.05) is 51.1 Å². The molecule has 4 heteroatoms. The lowest BCUT2D eigenvalue weighted by Gasteiger charge is -2.33. The Morgan fingerprint density at radius 2 is 1.87 bits per heavy atom. The Kier molecular flexibility index (Phi) is 7.03. The van der Waals surface area contributed by atoms with Crippen molar-refractivity contribution in [3.05, 3.63) is 35.9 Å². The molecule has 2 rings (SSSR count). The van der Waals surface area contributed by atoms with Crippen LogP contribution in [0.3, 0.4) is 0 Å². The van der Waals surface area contributed by atoms with Gasteiger partial charge in [0.2, 0.25) is 0 Å². The molecule has 1 aromatic carbocycles. The quantitative estimate of drug-likeness (QED) is 0.811. The minimum absolute atomic E-state index is 0.0721. The van der Waals surface area contributed by atoms with Crippen molar-refractivity contribution in [2.75, 3.05) is 26.4 Å². The van der Waals surface area contributed by atoms with Crippen molar-refractivity contribution in [3.8, 4) is 0 Å². The first kappa shape index (κ1) is 18.4. The highest BCUT2D eigenvalue weighted by molar-refractivity contribution is 5.20. The fraction of sp³-hybridized carbons (Fsp3) is 0.684. The van der Waals surface area contributed by atoms with E-state index < -0.39 is 6.10 Å². The molecule has 4 nitrogen and oxygen atoms in total. The lowest BCUT2D eigenvalue weighted by molar-refractivity contribution is -0.0593. The zero-order valence-corrected chi connectivity index (χ0v) is 14.6. The summed E-state index contributed by atoms with van der Waals surface area (Å²) in [5.74, 6) is 0. The van der Waals surface area contributed by atoms with Gasteiger partial charge in [0.05, 0.1) is 18.8 Å². The van der Waals surface area contributed by atoms with Crippen molar-refractivity contribution in [1.82, 2.24) is 5.32 Å². The molecule has 23 heavy (non-hydrogen) atoms. The first-order chi connectivity index (χ1) is 11.0. The Morgan fingerprint density at radius 3 is 2.48 bits per heavy atom. The van der Waals surface area contributed by atoms with E-state index in [4.69, 9.17) is 9.47 Å². The Hall–Kier alpha value is -0.940. The van der Waals surface area contributed by atoms with E-state index in [2.05, 4.69) is 50.4 Å². The summed E-state index contributed by atoms with van der Waals surface area (Å²) in [5, 5.41) is 13.7. The Balaban J connectivity index is 1.81. The molecule has 1 aliphatic heterocycles. The van der Waals surface area contributed by atoms with E-state index in [9.17, 15) is 5.11 Å². The summed E-state index contributed by atoms with van der Waals surface area (Å²) in [6.45, 7) is 9.06. The topological polar surface area (TPSA) is 50.7 Å². The molecule has 2 atom stereocenters. The van der Waals surface area contributed by atoms with Crippen LogP contribution in [0.5, 0.6) is 0 Å². The molecule has 130 valence electrons. The van der Waals surface area contributed by atoms with Crippen molar-refractivity contribution >= 4 is 0 Å². The monoisotopic (exact) mass is 321 g/mol. The number of aliphatic hydroxyl groups excluding tert-OH is 1. The molecule has 0 saturated carbocycles. The third kappa shape index (κ3) is 6.22. The molecule has 0 aliphatic carbocycles. The Morgan fingerprint density at radius 1 is 1.22 bits per heavy atom. The number of nitrogens with one attached hydrogen (secondary N) is 1. The van der Waals surface area contributed by atoms with Gasteiger partial charge in [-0.25, -0.2) is 0 Å². The van der Waals surface area contributed by atoms with Gasteiger partial charge in [-0.15, -0.1) is 0 Å². The van der Waals surface area contributed by atoms with Gasteiger partial charge in [0.1, 0.15) is 0 Å². The largest absolute Gasteiger partial charge is 0.389 e. The van der Waals surface area contributed by atoms with Crippen molar-refractivity contribution in [1.29, 1.82) is 0 Å². The minimum atomic E-state index is -0.494. The Labute approximate surface area is 140 Å². The third-order valence-corrected chi connectivity index (χ3v) is 4.25. The van der Waals surface area contributed by atoms with Gasteiger partial charge < -0.3 is 19.9 Å². The number of hydrogen-bond donors (Lipinski definition) is 2. The predicted octanol–water partition coefficient (Wildman–Crippen LogP) is 2.92. The molecule has 2 N–H and O–H groups in total. The summed E-state index contributed by atoms with van der Waals surface area (Å²) in [7, 11) is 0. The molecule has 1 aliphatic rings. The van der Waals surface area contributed by atoms with E-state index in [-0.39, 0.29) is 17.6 Å². The number of aliphatic hydroxyl groups is 1. The number of rotatable bonds is 7. The molecular weight excluding hydrogens is 290 g/mol. The maximum Gasteiger partial charge on any atom is 0.0898 e. The molecule has 0 aromatic heterocycles. The lowest BCUT2D eigenvalue weighted by atomic mass is 9.82. The number of hydrogen-bond acceptors (Lipinski definition) is 4. The highest BCUT2D eigenvalue weighted by atomic mass is 16.5. The zero-order valence-electron chi connectivity index (χ0n) is 14.6. The number of ether oxygens (including phenoxy) is 2. The van der Waals surface area contributed by atoms with E-state index >= 15 is 0 Å². The van der Waals surface area contributed by atoms with Crippen LogP contribution in [0.4, 0.5) is 0 Å². The average Bonchev–Trinajstić information content (AvgIpc) is 2.54. The van der Waals surface area contributed by atoms with Crippen LogP contribution in [0.2, 0.25) is 0 Å². The molecule has 1 saturated heterocycles. The highest BCUT2D eigenvalue weighted by Gasteiger charge is 2.26. The van der Waals surface area contributed by atoms with Crippen LogP contribution >= 0.6 is 0 Å². The van der Waals surface area contributed by atoms with E-state index in [1.54, 1.807) is 0 Å².